The number of ether oxygens (including phenoxy) is 1. The zero-order valence-electron chi connectivity index (χ0n) is 18.5. The highest BCUT2D eigenvalue weighted by atomic mass is 35.5. The first-order valence-corrected chi connectivity index (χ1v) is 12.0. The van der Waals surface area contributed by atoms with Crippen LogP contribution in [0.3, 0.4) is 0 Å². The maximum Gasteiger partial charge on any atom is 0.212 e. The molecule has 1 aliphatic carbocycles. The average molecular weight is 497 g/mol. The third-order valence-corrected chi connectivity index (χ3v) is 7.57. The molecule has 5 aromatic rings. The molecule has 7 heteroatoms. The Morgan fingerprint density at radius 3 is 2.31 bits per heavy atom. The summed E-state index contributed by atoms with van der Waals surface area (Å²) in [6.45, 7) is 0. The number of methoxy groups -OCH3 is 1. The molecular formula is C28H17ClN2O3S. The van der Waals surface area contributed by atoms with Crippen LogP contribution in [0.15, 0.2) is 72.8 Å². The zero-order chi connectivity index (χ0) is 24.3. The van der Waals surface area contributed by atoms with Crippen LogP contribution in [-0.2, 0) is 0 Å². The smallest absolute Gasteiger partial charge is 0.212 e. The van der Waals surface area contributed by atoms with Gasteiger partial charge in [0.05, 0.1) is 12.8 Å². The fourth-order valence-corrected chi connectivity index (χ4v) is 5.75. The van der Waals surface area contributed by atoms with Gasteiger partial charge in [0.15, 0.2) is 0 Å². The minimum absolute atomic E-state index is 0.134. The predicted molar refractivity (Wildman–Crippen MR) is 140 cm³/mol. The van der Waals surface area contributed by atoms with Gasteiger partial charge in [0.1, 0.15) is 21.2 Å². The number of anilines is 1. The number of ketones is 2. The van der Waals surface area contributed by atoms with E-state index in [1.165, 1.54) is 11.3 Å². The lowest BCUT2D eigenvalue weighted by atomic mass is 9.93. The number of fused-ring (bicyclic) bond motifs is 4. The fraction of sp³-hybridized carbons (Fsp3) is 0.0357. The highest BCUT2D eigenvalue weighted by molar-refractivity contribution is 7.21. The van der Waals surface area contributed by atoms with E-state index in [4.69, 9.17) is 27.1 Å². The van der Waals surface area contributed by atoms with Crippen molar-refractivity contribution in [1.82, 2.24) is 4.98 Å². The van der Waals surface area contributed by atoms with Gasteiger partial charge in [0.25, 0.3) is 0 Å². The second-order valence-corrected chi connectivity index (χ2v) is 9.61. The summed E-state index contributed by atoms with van der Waals surface area (Å²) in [7, 11) is 1.61. The number of rotatable bonds is 4. The van der Waals surface area contributed by atoms with Crippen molar-refractivity contribution < 1.29 is 14.3 Å². The van der Waals surface area contributed by atoms with Crippen LogP contribution in [0, 0.1) is 0 Å². The van der Waals surface area contributed by atoms with E-state index in [2.05, 4.69) is 0 Å². The molecule has 0 radical (unpaired) electrons. The van der Waals surface area contributed by atoms with Gasteiger partial charge < -0.3 is 10.5 Å². The maximum atomic E-state index is 13.4. The summed E-state index contributed by atoms with van der Waals surface area (Å²) in [4.78, 5) is 32.3. The fourth-order valence-electron chi connectivity index (χ4n) is 4.55. The minimum Gasteiger partial charge on any atom is -0.497 e. The molecule has 170 valence electrons. The number of thiophene rings is 1. The molecule has 1 aliphatic rings. The first kappa shape index (κ1) is 21.5. The van der Waals surface area contributed by atoms with E-state index in [0.29, 0.717) is 48.4 Å². The van der Waals surface area contributed by atoms with Crippen LogP contribution in [0.4, 0.5) is 5.69 Å². The number of nitrogens with two attached hydrogens (primary N) is 1. The van der Waals surface area contributed by atoms with Crippen molar-refractivity contribution in [2.45, 2.75) is 0 Å². The van der Waals surface area contributed by atoms with E-state index in [-0.39, 0.29) is 11.6 Å². The molecule has 0 atom stereocenters. The number of carbonyl (C=O) groups is 2. The number of carbonyl (C=O) groups excluding carboxylic acids is 2. The third-order valence-electron chi connectivity index (χ3n) is 6.22. The Morgan fingerprint density at radius 2 is 1.63 bits per heavy atom. The van der Waals surface area contributed by atoms with Crippen molar-refractivity contribution in [2.24, 2.45) is 0 Å². The normalized spacial score (nSPS) is 12.0. The molecule has 3 aromatic carbocycles. The second kappa shape index (κ2) is 8.05. The number of nitrogen functional groups attached to an aromatic ring is 1. The first-order valence-electron chi connectivity index (χ1n) is 10.8. The number of aromatic nitrogens is 1. The first-order chi connectivity index (χ1) is 17.0. The highest BCUT2D eigenvalue weighted by Crippen LogP contribution is 2.49. The molecule has 0 saturated heterocycles. The van der Waals surface area contributed by atoms with Crippen LogP contribution in [0.5, 0.6) is 5.75 Å². The largest absolute Gasteiger partial charge is 0.497 e. The summed E-state index contributed by atoms with van der Waals surface area (Å²) < 4.78 is 5.33. The van der Waals surface area contributed by atoms with E-state index in [0.717, 1.165) is 22.3 Å². The molecule has 0 fully saturated rings. The topological polar surface area (TPSA) is 82.3 Å². The monoisotopic (exact) mass is 496 g/mol. The molecule has 0 unspecified atom stereocenters. The van der Waals surface area contributed by atoms with Crippen LogP contribution < -0.4 is 10.5 Å². The Morgan fingerprint density at radius 1 is 0.943 bits per heavy atom. The predicted octanol–water partition coefficient (Wildman–Crippen LogP) is 6.65. The van der Waals surface area contributed by atoms with Crippen molar-refractivity contribution in [3.63, 3.8) is 0 Å². The number of hydrogen-bond acceptors (Lipinski definition) is 6. The van der Waals surface area contributed by atoms with Gasteiger partial charge in [-0.2, -0.15) is 0 Å². The van der Waals surface area contributed by atoms with Gasteiger partial charge in [-0.25, -0.2) is 4.98 Å². The molecule has 2 aromatic heterocycles. The van der Waals surface area contributed by atoms with Gasteiger partial charge in [-0.15, -0.1) is 11.3 Å². The molecule has 5 nitrogen and oxygen atoms in total. The van der Waals surface area contributed by atoms with Gasteiger partial charge in [-0.3, -0.25) is 9.59 Å². The van der Waals surface area contributed by atoms with Crippen molar-refractivity contribution >= 4 is 50.4 Å². The van der Waals surface area contributed by atoms with E-state index >= 15 is 0 Å². The van der Waals surface area contributed by atoms with Crippen molar-refractivity contribution in [1.29, 1.82) is 0 Å². The molecule has 0 spiro atoms. The summed E-state index contributed by atoms with van der Waals surface area (Å²) in [5.74, 6) is 0.364. The third kappa shape index (κ3) is 3.26. The molecular weight excluding hydrogens is 480 g/mol. The van der Waals surface area contributed by atoms with E-state index < -0.39 is 0 Å². The number of nitrogens with zero attached hydrogens (tertiary/aromatic N) is 1. The lowest BCUT2D eigenvalue weighted by molar-refractivity contribution is 0.103. The van der Waals surface area contributed by atoms with Crippen molar-refractivity contribution in [3.05, 3.63) is 99.5 Å². The molecule has 0 bridgehead atoms. The Labute approximate surface area is 209 Å². The van der Waals surface area contributed by atoms with E-state index in [1.54, 1.807) is 31.4 Å². The number of benzene rings is 3. The molecule has 2 N–H and O–H groups in total. The van der Waals surface area contributed by atoms with Crippen LogP contribution in [0.25, 0.3) is 32.5 Å². The van der Waals surface area contributed by atoms with Gasteiger partial charge in [0, 0.05) is 32.7 Å². The van der Waals surface area contributed by atoms with Crippen LogP contribution in [-0.4, -0.2) is 23.7 Å². The number of halogens is 1. The van der Waals surface area contributed by atoms with Gasteiger partial charge in [-0.1, -0.05) is 48.0 Å². The summed E-state index contributed by atoms with van der Waals surface area (Å²) >= 11 is 7.19. The Kier molecular flexibility index (Phi) is 4.95. The lowest BCUT2D eigenvalue weighted by Gasteiger charge is -2.12. The Hall–Kier alpha value is -4.00. The van der Waals surface area contributed by atoms with E-state index in [9.17, 15) is 9.59 Å². The van der Waals surface area contributed by atoms with Gasteiger partial charge in [0.2, 0.25) is 11.6 Å². The maximum absolute atomic E-state index is 13.4. The lowest BCUT2D eigenvalue weighted by Crippen LogP contribution is -2.02. The standard InChI is InChI=1S/C28H17ClN2O3S/c1-34-17-12-8-14(9-13-17)20-21-18-4-2-3-5-19(18)26(33)24(21)31-28-22(20)23(30)27(35-28)25(32)15-6-10-16(29)11-7-15/h2-13H,30H2,1H3. The molecule has 2 heterocycles. The Balaban J connectivity index is 1.67. The zero-order valence-corrected chi connectivity index (χ0v) is 20.0. The summed E-state index contributed by atoms with van der Waals surface area (Å²) in [5.41, 5.74) is 11.7. The molecule has 0 saturated carbocycles. The average Bonchev–Trinajstić information content (AvgIpc) is 3.37. The molecule has 35 heavy (non-hydrogen) atoms. The van der Waals surface area contributed by atoms with Crippen LogP contribution in [0.1, 0.15) is 31.3 Å². The van der Waals surface area contributed by atoms with Crippen molar-refractivity contribution in [2.75, 3.05) is 12.8 Å². The molecule has 6 rings (SSSR count). The molecule has 0 amide bonds. The van der Waals surface area contributed by atoms with E-state index in [1.807, 2.05) is 48.5 Å². The van der Waals surface area contributed by atoms with Crippen LogP contribution in [0.2, 0.25) is 5.02 Å². The van der Waals surface area contributed by atoms with Crippen LogP contribution >= 0.6 is 22.9 Å². The quantitative estimate of drug-likeness (QED) is 0.276. The summed E-state index contributed by atoms with van der Waals surface area (Å²) in [5, 5.41) is 1.21. The highest BCUT2D eigenvalue weighted by Gasteiger charge is 2.34. The minimum atomic E-state index is -0.213. The number of hydrogen-bond donors (Lipinski definition) is 1. The SMILES string of the molecule is COc1ccc(-c2c3c(nc4sc(C(=O)c5ccc(Cl)cc5)c(N)c24)C(=O)c2ccccc2-3)cc1. The van der Waals surface area contributed by atoms with Crippen molar-refractivity contribution in [3.8, 4) is 28.0 Å². The van der Waals surface area contributed by atoms with Gasteiger partial charge >= 0.3 is 0 Å². The molecule has 0 aliphatic heterocycles. The summed E-state index contributed by atoms with van der Waals surface area (Å²) in [6, 6.07) is 21.7. The van der Waals surface area contributed by atoms with Gasteiger partial charge in [-0.05, 0) is 47.5 Å². The number of pyridine rings is 1. The Bertz CT molecular complexity index is 1670. The second-order valence-electron chi connectivity index (χ2n) is 8.17. The summed E-state index contributed by atoms with van der Waals surface area (Å²) in [6.07, 6.45) is 0.